The maximum absolute atomic E-state index is 6.10. The van der Waals surface area contributed by atoms with Crippen molar-refractivity contribution in [3.63, 3.8) is 0 Å². The van der Waals surface area contributed by atoms with E-state index in [0.717, 1.165) is 21.5 Å². The van der Waals surface area contributed by atoms with E-state index in [2.05, 4.69) is 21.2 Å². The Bertz CT molecular complexity index is 619. The molecule has 0 amide bonds. The third-order valence-electron chi connectivity index (χ3n) is 2.94. The molecule has 0 spiro atoms. The highest BCUT2D eigenvalue weighted by Gasteiger charge is 2.04. The van der Waals surface area contributed by atoms with Crippen molar-refractivity contribution in [3.05, 3.63) is 51.5 Å². The molecule has 1 N–H and O–H groups in total. The molecule has 5 heteroatoms. The van der Waals surface area contributed by atoms with Crippen molar-refractivity contribution in [1.82, 2.24) is 0 Å². The minimum absolute atomic E-state index is 0.593. The van der Waals surface area contributed by atoms with Gasteiger partial charge in [-0.15, -0.1) is 0 Å². The molecular weight excluding hydrogens is 354 g/mol. The predicted octanol–water partition coefficient (Wildman–Crippen LogP) is 5.12. The molecule has 0 aliphatic carbocycles. The van der Waals surface area contributed by atoms with E-state index in [1.54, 1.807) is 7.11 Å². The van der Waals surface area contributed by atoms with Crippen LogP contribution in [0.3, 0.4) is 0 Å². The summed E-state index contributed by atoms with van der Waals surface area (Å²) in [7, 11) is 1.60. The quantitative estimate of drug-likeness (QED) is 0.765. The van der Waals surface area contributed by atoms with Gasteiger partial charge in [0.15, 0.2) is 0 Å². The second-order valence-corrected chi connectivity index (χ2v) is 5.66. The van der Waals surface area contributed by atoms with Crippen molar-refractivity contribution in [2.45, 2.75) is 13.5 Å². The van der Waals surface area contributed by atoms with Gasteiger partial charge in [-0.3, -0.25) is 0 Å². The summed E-state index contributed by atoms with van der Waals surface area (Å²) in [5.74, 6) is 1.53. The molecule has 0 saturated carbocycles. The van der Waals surface area contributed by atoms with Crippen LogP contribution in [0.4, 0.5) is 5.69 Å². The van der Waals surface area contributed by atoms with Gasteiger partial charge in [0.2, 0.25) is 0 Å². The van der Waals surface area contributed by atoms with Gasteiger partial charge in [0.1, 0.15) is 11.5 Å². The van der Waals surface area contributed by atoms with Gasteiger partial charge in [0, 0.05) is 12.2 Å². The molecule has 0 aliphatic heterocycles. The van der Waals surface area contributed by atoms with Crippen LogP contribution in [0.2, 0.25) is 5.02 Å². The smallest absolute Gasteiger partial charge is 0.137 e. The molecular formula is C16H17BrClNO2. The summed E-state index contributed by atoms with van der Waals surface area (Å²) in [5, 5.41) is 3.92. The molecule has 112 valence electrons. The zero-order chi connectivity index (χ0) is 15.2. The molecule has 2 rings (SSSR count). The Hall–Kier alpha value is -1.39. The van der Waals surface area contributed by atoms with Gasteiger partial charge < -0.3 is 14.8 Å². The Balaban J connectivity index is 2.02. The average molecular weight is 371 g/mol. The van der Waals surface area contributed by atoms with Gasteiger partial charge >= 0.3 is 0 Å². The van der Waals surface area contributed by atoms with Gasteiger partial charge in [-0.1, -0.05) is 17.7 Å². The van der Waals surface area contributed by atoms with E-state index in [-0.39, 0.29) is 0 Å². The van der Waals surface area contributed by atoms with Crippen LogP contribution >= 0.6 is 27.5 Å². The van der Waals surface area contributed by atoms with Crippen LogP contribution in [0, 0.1) is 0 Å². The molecule has 0 unspecified atom stereocenters. The summed E-state index contributed by atoms with van der Waals surface area (Å²) < 4.78 is 11.6. The first kappa shape index (κ1) is 16.0. The first-order valence-corrected chi connectivity index (χ1v) is 7.79. The van der Waals surface area contributed by atoms with Crippen LogP contribution in [-0.4, -0.2) is 13.7 Å². The Morgan fingerprint density at radius 1 is 1.14 bits per heavy atom. The summed E-state index contributed by atoms with van der Waals surface area (Å²) in [4.78, 5) is 0. The molecule has 0 radical (unpaired) electrons. The fourth-order valence-electron chi connectivity index (χ4n) is 1.91. The maximum atomic E-state index is 6.10. The van der Waals surface area contributed by atoms with Crippen molar-refractivity contribution in [2.75, 3.05) is 19.0 Å². The SMILES string of the molecule is CCOc1ccc(CNc2ccc(OC)c(Cl)c2)cc1Br. The van der Waals surface area contributed by atoms with E-state index in [4.69, 9.17) is 21.1 Å². The molecule has 2 aromatic rings. The number of rotatable bonds is 6. The van der Waals surface area contributed by atoms with Gasteiger partial charge in [-0.25, -0.2) is 0 Å². The molecule has 3 nitrogen and oxygen atoms in total. The lowest BCUT2D eigenvalue weighted by molar-refractivity contribution is 0.338. The van der Waals surface area contributed by atoms with Gasteiger partial charge in [-0.05, 0) is 58.7 Å². The zero-order valence-corrected chi connectivity index (χ0v) is 14.3. The zero-order valence-electron chi connectivity index (χ0n) is 12.0. The van der Waals surface area contributed by atoms with E-state index in [1.807, 2.05) is 43.3 Å². The van der Waals surface area contributed by atoms with Crippen molar-refractivity contribution < 1.29 is 9.47 Å². The van der Waals surface area contributed by atoms with Crippen molar-refractivity contribution in [2.24, 2.45) is 0 Å². The van der Waals surface area contributed by atoms with Crippen LogP contribution in [0.25, 0.3) is 0 Å². The lowest BCUT2D eigenvalue weighted by Crippen LogP contribution is -2.00. The Kier molecular flexibility index (Phi) is 5.76. The Morgan fingerprint density at radius 2 is 1.90 bits per heavy atom. The molecule has 2 aromatic carbocycles. The molecule has 0 bridgehead atoms. The minimum Gasteiger partial charge on any atom is -0.495 e. The predicted molar refractivity (Wildman–Crippen MR) is 90.6 cm³/mol. The number of halogens is 2. The number of hydrogen-bond donors (Lipinski definition) is 1. The first-order chi connectivity index (χ1) is 10.1. The van der Waals surface area contributed by atoms with Crippen LogP contribution in [0.1, 0.15) is 12.5 Å². The maximum Gasteiger partial charge on any atom is 0.137 e. The number of benzene rings is 2. The molecule has 0 saturated heterocycles. The third kappa shape index (κ3) is 4.29. The number of ether oxygens (including phenoxy) is 2. The van der Waals surface area contributed by atoms with Gasteiger partial charge in [0.05, 0.1) is 23.2 Å². The van der Waals surface area contributed by atoms with E-state index < -0.39 is 0 Å². The Morgan fingerprint density at radius 3 is 2.52 bits per heavy atom. The average Bonchev–Trinajstić information content (AvgIpc) is 2.48. The summed E-state index contributed by atoms with van der Waals surface area (Å²) in [6, 6.07) is 11.7. The highest BCUT2D eigenvalue weighted by Crippen LogP contribution is 2.28. The highest BCUT2D eigenvalue weighted by atomic mass is 79.9. The standard InChI is InChI=1S/C16H17BrClNO2/c1-3-21-15-6-4-11(8-13(15)17)10-19-12-5-7-16(20-2)14(18)9-12/h4-9,19H,3,10H2,1-2H3. The first-order valence-electron chi connectivity index (χ1n) is 6.62. The monoisotopic (exact) mass is 369 g/mol. The topological polar surface area (TPSA) is 30.5 Å². The second kappa shape index (κ2) is 7.57. The lowest BCUT2D eigenvalue weighted by Gasteiger charge is -2.11. The largest absolute Gasteiger partial charge is 0.495 e. The van der Waals surface area contributed by atoms with E-state index in [0.29, 0.717) is 23.9 Å². The molecule has 21 heavy (non-hydrogen) atoms. The molecule has 0 aliphatic rings. The van der Waals surface area contributed by atoms with Crippen LogP contribution in [0.5, 0.6) is 11.5 Å². The van der Waals surface area contributed by atoms with E-state index in [1.165, 1.54) is 0 Å². The summed E-state index contributed by atoms with van der Waals surface area (Å²) in [5.41, 5.74) is 2.10. The van der Waals surface area contributed by atoms with Crippen LogP contribution in [-0.2, 0) is 6.54 Å². The number of anilines is 1. The van der Waals surface area contributed by atoms with Crippen molar-refractivity contribution >= 4 is 33.2 Å². The van der Waals surface area contributed by atoms with Crippen molar-refractivity contribution in [3.8, 4) is 11.5 Å². The number of nitrogens with one attached hydrogen (secondary N) is 1. The summed E-state index contributed by atoms with van der Waals surface area (Å²) in [6.07, 6.45) is 0. The second-order valence-electron chi connectivity index (χ2n) is 4.40. The highest BCUT2D eigenvalue weighted by molar-refractivity contribution is 9.10. The fraction of sp³-hybridized carbons (Fsp3) is 0.250. The number of methoxy groups -OCH3 is 1. The fourth-order valence-corrected chi connectivity index (χ4v) is 2.71. The molecule has 0 aromatic heterocycles. The van der Waals surface area contributed by atoms with Gasteiger partial charge in [-0.2, -0.15) is 0 Å². The van der Waals surface area contributed by atoms with Crippen molar-refractivity contribution in [1.29, 1.82) is 0 Å². The lowest BCUT2D eigenvalue weighted by atomic mass is 10.2. The molecule has 0 heterocycles. The summed E-state index contributed by atoms with van der Waals surface area (Å²) in [6.45, 7) is 3.32. The Labute approximate surface area is 138 Å². The van der Waals surface area contributed by atoms with E-state index in [9.17, 15) is 0 Å². The molecule has 0 fully saturated rings. The van der Waals surface area contributed by atoms with Crippen LogP contribution in [0.15, 0.2) is 40.9 Å². The normalized spacial score (nSPS) is 10.3. The van der Waals surface area contributed by atoms with Crippen LogP contribution < -0.4 is 14.8 Å². The minimum atomic E-state index is 0.593. The number of hydrogen-bond acceptors (Lipinski definition) is 3. The molecule has 0 atom stereocenters. The van der Waals surface area contributed by atoms with Gasteiger partial charge in [0.25, 0.3) is 0 Å². The van der Waals surface area contributed by atoms with E-state index >= 15 is 0 Å². The summed E-state index contributed by atoms with van der Waals surface area (Å²) >= 11 is 9.62. The third-order valence-corrected chi connectivity index (χ3v) is 3.86.